The fourth-order valence-corrected chi connectivity index (χ4v) is 4.12. The van der Waals surface area contributed by atoms with Crippen LogP contribution in [-0.2, 0) is 27.5 Å². The van der Waals surface area contributed by atoms with Gasteiger partial charge in [0.25, 0.3) is 11.8 Å². The molecule has 0 saturated carbocycles. The van der Waals surface area contributed by atoms with Gasteiger partial charge in [-0.3, -0.25) is 9.52 Å². The summed E-state index contributed by atoms with van der Waals surface area (Å²) in [6.45, 7) is 0.267. The molecule has 1 amide bonds. The Bertz CT molecular complexity index is 1640. The predicted octanol–water partition coefficient (Wildman–Crippen LogP) is 4.78. The van der Waals surface area contributed by atoms with Gasteiger partial charge in [-0.15, -0.1) is 0 Å². The molecule has 0 spiro atoms. The molecule has 1 N–H and O–H groups in total. The number of carbonyl (C=O) groups excluding carboxylic acids is 1. The number of hydrogen-bond donors (Lipinski definition) is 1. The van der Waals surface area contributed by atoms with Gasteiger partial charge in [-0.1, -0.05) is 17.3 Å². The summed E-state index contributed by atoms with van der Waals surface area (Å²) in [6, 6.07) is 8.78. The molecule has 208 valence electrons. The lowest BCUT2D eigenvalue weighted by Gasteiger charge is -2.20. The van der Waals surface area contributed by atoms with Gasteiger partial charge in [-0.25, -0.2) is 8.42 Å². The number of nitrogens with zero attached hydrogens (tertiary/aromatic N) is 3. The first-order valence-corrected chi connectivity index (χ1v) is 12.8. The second-order valence-corrected chi connectivity index (χ2v) is 10.2. The van der Waals surface area contributed by atoms with Crippen LogP contribution in [0.4, 0.5) is 26.3 Å². The zero-order valence-corrected chi connectivity index (χ0v) is 20.8. The van der Waals surface area contributed by atoms with Crippen molar-refractivity contribution in [3.63, 3.8) is 0 Å². The highest BCUT2D eigenvalue weighted by Crippen LogP contribution is 2.40. The Morgan fingerprint density at radius 3 is 2.49 bits per heavy atom. The lowest BCUT2D eigenvalue weighted by atomic mass is 10.1. The number of fused-ring (bicyclic) bond motifs is 1. The Morgan fingerprint density at radius 2 is 1.85 bits per heavy atom. The summed E-state index contributed by atoms with van der Waals surface area (Å²) in [4.78, 5) is 16.2. The Morgan fingerprint density at radius 1 is 1.13 bits per heavy atom. The SMILES string of the molecule is C[C@H](Oc1ccc(-c2nc(-c3cccc4c3ccn4CC(=O)NS(C)(=O)=O)no2)cc1C(F)(F)F)C(F)(F)F. The number of rotatable bonds is 7. The summed E-state index contributed by atoms with van der Waals surface area (Å²) in [7, 11) is -3.76. The van der Waals surface area contributed by atoms with Crippen molar-refractivity contribution in [3.8, 4) is 28.6 Å². The molecule has 4 rings (SSSR count). The number of aromatic nitrogens is 3. The van der Waals surface area contributed by atoms with E-state index in [1.54, 1.807) is 24.3 Å². The van der Waals surface area contributed by atoms with Crippen LogP contribution in [0, 0.1) is 0 Å². The van der Waals surface area contributed by atoms with Gasteiger partial charge in [0.05, 0.1) is 11.8 Å². The molecule has 0 aliphatic rings. The maximum atomic E-state index is 13.6. The van der Waals surface area contributed by atoms with Crippen LogP contribution in [0.2, 0.25) is 0 Å². The van der Waals surface area contributed by atoms with Gasteiger partial charge in [0.1, 0.15) is 12.3 Å². The van der Waals surface area contributed by atoms with Crippen molar-refractivity contribution in [2.45, 2.75) is 31.9 Å². The average Bonchev–Trinajstić information content (AvgIpc) is 3.44. The van der Waals surface area contributed by atoms with Crippen molar-refractivity contribution >= 4 is 26.8 Å². The highest BCUT2D eigenvalue weighted by molar-refractivity contribution is 7.89. The Hall–Kier alpha value is -4.08. The third-order valence-corrected chi connectivity index (χ3v) is 5.99. The largest absolute Gasteiger partial charge is 0.481 e. The Labute approximate surface area is 216 Å². The number of ether oxygens (including phenoxy) is 1. The molecule has 2 heterocycles. The molecule has 39 heavy (non-hydrogen) atoms. The zero-order chi connectivity index (χ0) is 28.8. The molecule has 0 aliphatic carbocycles. The third-order valence-electron chi connectivity index (χ3n) is 5.39. The second kappa shape index (κ2) is 9.91. The Kier molecular flexibility index (Phi) is 7.10. The molecule has 2 aromatic heterocycles. The molecule has 9 nitrogen and oxygen atoms in total. The van der Waals surface area contributed by atoms with Crippen LogP contribution >= 0.6 is 0 Å². The van der Waals surface area contributed by atoms with E-state index in [4.69, 9.17) is 4.52 Å². The highest BCUT2D eigenvalue weighted by atomic mass is 32.2. The van der Waals surface area contributed by atoms with E-state index < -0.39 is 45.7 Å². The maximum Gasteiger partial charge on any atom is 0.425 e. The van der Waals surface area contributed by atoms with Crippen LogP contribution in [-0.4, -0.2) is 47.6 Å². The minimum atomic E-state index is -5.04. The van der Waals surface area contributed by atoms with Crippen molar-refractivity contribution in [2.75, 3.05) is 6.26 Å². The van der Waals surface area contributed by atoms with E-state index in [1.807, 2.05) is 4.72 Å². The Balaban J connectivity index is 1.66. The molecule has 0 radical (unpaired) electrons. The number of nitrogens with one attached hydrogen (secondary N) is 1. The number of sulfonamides is 1. The maximum absolute atomic E-state index is 13.6. The molecule has 0 fully saturated rings. The normalized spacial score (nSPS) is 13.4. The summed E-state index contributed by atoms with van der Waals surface area (Å²) in [5, 5.41) is 4.34. The van der Waals surface area contributed by atoms with Gasteiger partial charge in [0.2, 0.25) is 15.8 Å². The van der Waals surface area contributed by atoms with Gasteiger partial charge in [0.15, 0.2) is 6.10 Å². The highest BCUT2D eigenvalue weighted by Gasteiger charge is 2.41. The minimum Gasteiger partial charge on any atom is -0.481 e. The number of hydrogen-bond acceptors (Lipinski definition) is 7. The van der Waals surface area contributed by atoms with Gasteiger partial charge in [0, 0.05) is 28.2 Å². The molecule has 16 heteroatoms. The fourth-order valence-electron chi connectivity index (χ4n) is 3.64. The first-order valence-electron chi connectivity index (χ1n) is 10.9. The molecule has 1 atom stereocenters. The first kappa shape index (κ1) is 27.9. The van der Waals surface area contributed by atoms with Crippen molar-refractivity contribution in [1.29, 1.82) is 0 Å². The van der Waals surface area contributed by atoms with Crippen LogP contribution in [0.5, 0.6) is 5.75 Å². The van der Waals surface area contributed by atoms with E-state index >= 15 is 0 Å². The van der Waals surface area contributed by atoms with E-state index in [0.29, 0.717) is 29.5 Å². The van der Waals surface area contributed by atoms with E-state index in [0.717, 1.165) is 18.4 Å². The van der Waals surface area contributed by atoms with Crippen LogP contribution in [0.3, 0.4) is 0 Å². The molecule has 0 aliphatic heterocycles. The molecule has 0 unspecified atom stereocenters. The fraction of sp³-hybridized carbons (Fsp3) is 0.261. The van der Waals surface area contributed by atoms with Gasteiger partial charge in [-0.2, -0.15) is 31.3 Å². The number of amides is 1. The molecule has 4 aromatic rings. The standard InChI is InChI=1S/C23H18F6N4O5S/c1-12(22(24,25)26)37-18-7-6-13(10-16(18)23(27,28)29)21-30-20(31-38-21)15-4-3-5-17-14(15)8-9-33(17)11-19(34)32-39(2,35)36/h3-10,12H,11H2,1-2H3,(H,32,34)/t12-/m0/s1. The molecule has 0 saturated heterocycles. The van der Waals surface area contributed by atoms with Gasteiger partial charge < -0.3 is 13.8 Å². The number of halogens is 6. The average molecular weight is 576 g/mol. The summed E-state index contributed by atoms with van der Waals surface area (Å²) in [5.41, 5.74) is -0.778. The van der Waals surface area contributed by atoms with E-state index in [-0.39, 0.29) is 23.8 Å². The van der Waals surface area contributed by atoms with Gasteiger partial charge in [-0.05, 0) is 37.3 Å². The quantitative estimate of drug-likeness (QED) is 0.315. The summed E-state index contributed by atoms with van der Waals surface area (Å²) in [6.07, 6.45) is -10.0. The zero-order valence-electron chi connectivity index (χ0n) is 20.0. The summed E-state index contributed by atoms with van der Waals surface area (Å²) in [5.74, 6) is -2.15. The number of benzene rings is 2. The van der Waals surface area contributed by atoms with Crippen molar-refractivity contribution in [3.05, 3.63) is 54.2 Å². The van der Waals surface area contributed by atoms with Crippen LogP contribution in [0.1, 0.15) is 12.5 Å². The van der Waals surface area contributed by atoms with Gasteiger partial charge >= 0.3 is 12.4 Å². The van der Waals surface area contributed by atoms with E-state index in [2.05, 4.69) is 14.9 Å². The molecular formula is C23H18F6N4O5S. The smallest absolute Gasteiger partial charge is 0.425 e. The molecular weight excluding hydrogens is 558 g/mol. The lowest BCUT2D eigenvalue weighted by Crippen LogP contribution is -2.32. The number of carbonyl (C=O) groups is 1. The second-order valence-electron chi connectivity index (χ2n) is 8.41. The minimum absolute atomic E-state index is 0.0199. The molecule has 0 bridgehead atoms. The monoisotopic (exact) mass is 576 g/mol. The van der Waals surface area contributed by atoms with Crippen LogP contribution in [0.25, 0.3) is 33.7 Å². The van der Waals surface area contributed by atoms with Crippen LogP contribution in [0.15, 0.2) is 53.2 Å². The third kappa shape index (κ3) is 6.32. The van der Waals surface area contributed by atoms with Crippen molar-refractivity contribution in [2.24, 2.45) is 0 Å². The first-order chi connectivity index (χ1) is 18.0. The topological polar surface area (TPSA) is 116 Å². The van der Waals surface area contributed by atoms with E-state index in [1.165, 1.54) is 10.8 Å². The van der Waals surface area contributed by atoms with Crippen molar-refractivity contribution in [1.82, 2.24) is 19.4 Å². The molecule has 2 aromatic carbocycles. The predicted molar refractivity (Wildman–Crippen MR) is 125 cm³/mol. The van der Waals surface area contributed by atoms with Crippen LogP contribution < -0.4 is 9.46 Å². The lowest BCUT2D eigenvalue weighted by molar-refractivity contribution is -0.191. The summed E-state index contributed by atoms with van der Waals surface area (Å²) >= 11 is 0. The van der Waals surface area contributed by atoms with E-state index in [9.17, 15) is 39.6 Å². The number of alkyl halides is 6. The summed E-state index contributed by atoms with van der Waals surface area (Å²) < 4.78 is 115. The van der Waals surface area contributed by atoms with Crippen molar-refractivity contribution < 1.29 is 48.8 Å².